The minimum atomic E-state index is 0.608. The molecule has 0 aliphatic rings. The molecular weight excluding hydrogens is 310 g/mol. The Balaban J connectivity index is 1.79. The molecule has 0 spiro atoms. The Hall–Kier alpha value is -2.18. The minimum absolute atomic E-state index is 0.608. The number of aryl methyl sites for hydroxylation is 1. The number of benzene rings is 1. The highest BCUT2D eigenvalue weighted by Crippen LogP contribution is 2.22. The Kier molecular flexibility index (Phi) is 5.05. The van der Waals surface area contributed by atoms with E-state index in [9.17, 15) is 0 Å². The maximum atomic E-state index is 5.46. The SMILES string of the molecule is COc1ccccc1CN(Cc1nc(C)no1)Cc1cccs1. The second-order valence-corrected chi connectivity index (χ2v) is 6.30. The summed E-state index contributed by atoms with van der Waals surface area (Å²) in [5.41, 5.74) is 1.14. The molecule has 0 N–H and O–H groups in total. The van der Waals surface area contributed by atoms with Crippen molar-refractivity contribution in [3.05, 3.63) is 63.9 Å². The van der Waals surface area contributed by atoms with Crippen LogP contribution < -0.4 is 4.74 Å². The van der Waals surface area contributed by atoms with Crippen LogP contribution in [-0.2, 0) is 19.6 Å². The number of para-hydroxylation sites is 1. The van der Waals surface area contributed by atoms with Crippen molar-refractivity contribution in [3.8, 4) is 5.75 Å². The molecule has 2 aromatic heterocycles. The van der Waals surface area contributed by atoms with E-state index in [1.807, 2.05) is 25.1 Å². The van der Waals surface area contributed by atoms with Crippen LogP contribution in [-0.4, -0.2) is 22.2 Å². The second kappa shape index (κ2) is 7.39. The molecule has 120 valence electrons. The van der Waals surface area contributed by atoms with Crippen LogP contribution in [0, 0.1) is 6.92 Å². The molecule has 0 bridgehead atoms. The summed E-state index contributed by atoms with van der Waals surface area (Å²) in [5.74, 6) is 2.19. The van der Waals surface area contributed by atoms with Gasteiger partial charge in [0.05, 0.1) is 13.7 Å². The highest BCUT2D eigenvalue weighted by molar-refractivity contribution is 7.09. The van der Waals surface area contributed by atoms with E-state index in [4.69, 9.17) is 9.26 Å². The van der Waals surface area contributed by atoms with E-state index in [0.29, 0.717) is 18.3 Å². The fourth-order valence-electron chi connectivity index (χ4n) is 2.46. The van der Waals surface area contributed by atoms with E-state index in [1.54, 1.807) is 18.4 Å². The van der Waals surface area contributed by atoms with E-state index in [0.717, 1.165) is 24.4 Å². The van der Waals surface area contributed by atoms with Gasteiger partial charge in [0.25, 0.3) is 0 Å². The zero-order valence-corrected chi connectivity index (χ0v) is 14.0. The highest BCUT2D eigenvalue weighted by Gasteiger charge is 2.15. The fraction of sp³-hybridized carbons (Fsp3) is 0.294. The van der Waals surface area contributed by atoms with Crippen LogP contribution in [0.5, 0.6) is 5.75 Å². The summed E-state index contributed by atoms with van der Waals surface area (Å²) in [6.45, 7) is 4.02. The molecule has 3 aromatic rings. The van der Waals surface area contributed by atoms with Crippen molar-refractivity contribution in [2.75, 3.05) is 7.11 Å². The van der Waals surface area contributed by atoms with Crippen LogP contribution in [0.25, 0.3) is 0 Å². The summed E-state index contributed by atoms with van der Waals surface area (Å²) in [4.78, 5) is 7.89. The van der Waals surface area contributed by atoms with Crippen LogP contribution in [0.4, 0.5) is 0 Å². The Morgan fingerprint density at radius 3 is 2.70 bits per heavy atom. The third-order valence-corrected chi connectivity index (χ3v) is 4.34. The molecule has 23 heavy (non-hydrogen) atoms. The zero-order valence-electron chi connectivity index (χ0n) is 13.2. The summed E-state index contributed by atoms with van der Waals surface area (Å²) in [5, 5.41) is 5.96. The van der Waals surface area contributed by atoms with Crippen molar-refractivity contribution in [2.45, 2.75) is 26.6 Å². The van der Waals surface area contributed by atoms with Crippen LogP contribution >= 0.6 is 11.3 Å². The maximum Gasteiger partial charge on any atom is 0.240 e. The molecule has 1 aromatic carbocycles. The maximum absolute atomic E-state index is 5.46. The Morgan fingerprint density at radius 1 is 1.13 bits per heavy atom. The van der Waals surface area contributed by atoms with E-state index in [2.05, 4.69) is 38.6 Å². The van der Waals surface area contributed by atoms with E-state index < -0.39 is 0 Å². The van der Waals surface area contributed by atoms with Gasteiger partial charge >= 0.3 is 0 Å². The number of nitrogens with zero attached hydrogens (tertiary/aromatic N) is 3. The van der Waals surface area contributed by atoms with Crippen LogP contribution in [0.1, 0.15) is 22.2 Å². The molecule has 0 aliphatic carbocycles. The number of thiophene rings is 1. The Bertz CT molecular complexity index is 740. The minimum Gasteiger partial charge on any atom is -0.496 e. The molecule has 0 saturated heterocycles. The number of rotatable bonds is 7. The van der Waals surface area contributed by atoms with Gasteiger partial charge in [-0.15, -0.1) is 11.3 Å². The van der Waals surface area contributed by atoms with Crippen molar-refractivity contribution in [1.82, 2.24) is 15.0 Å². The van der Waals surface area contributed by atoms with E-state index >= 15 is 0 Å². The lowest BCUT2D eigenvalue weighted by atomic mass is 10.2. The molecule has 6 heteroatoms. The summed E-state index contributed by atoms with van der Waals surface area (Å²) in [6, 6.07) is 12.3. The fourth-order valence-corrected chi connectivity index (χ4v) is 3.21. The molecular formula is C17H19N3O2S. The van der Waals surface area contributed by atoms with Crippen molar-refractivity contribution in [1.29, 1.82) is 0 Å². The van der Waals surface area contributed by atoms with Crippen molar-refractivity contribution < 1.29 is 9.26 Å². The lowest BCUT2D eigenvalue weighted by Gasteiger charge is -2.21. The molecule has 0 fully saturated rings. The van der Waals surface area contributed by atoms with Gasteiger partial charge in [0.2, 0.25) is 5.89 Å². The first kappa shape index (κ1) is 15.7. The van der Waals surface area contributed by atoms with Gasteiger partial charge in [-0.1, -0.05) is 29.4 Å². The second-order valence-electron chi connectivity index (χ2n) is 5.27. The highest BCUT2D eigenvalue weighted by atomic mass is 32.1. The standard InChI is InChI=1S/C17H19N3O2S/c1-13-18-17(22-19-13)12-20(11-15-7-5-9-23-15)10-14-6-3-4-8-16(14)21-2/h3-9H,10-12H2,1-2H3. The van der Waals surface area contributed by atoms with Gasteiger partial charge in [-0.25, -0.2) is 0 Å². The first-order valence-electron chi connectivity index (χ1n) is 7.40. The predicted molar refractivity (Wildman–Crippen MR) is 89.3 cm³/mol. The van der Waals surface area contributed by atoms with Crippen molar-refractivity contribution in [2.24, 2.45) is 0 Å². The number of methoxy groups -OCH3 is 1. The number of hydrogen-bond acceptors (Lipinski definition) is 6. The summed E-state index contributed by atoms with van der Waals surface area (Å²) < 4.78 is 10.7. The largest absolute Gasteiger partial charge is 0.496 e. The third-order valence-electron chi connectivity index (χ3n) is 3.47. The van der Waals surface area contributed by atoms with Crippen LogP contribution in [0.3, 0.4) is 0 Å². The van der Waals surface area contributed by atoms with Crippen molar-refractivity contribution in [3.63, 3.8) is 0 Å². The van der Waals surface area contributed by atoms with Crippen LogP contribution in [0.15, 0.2) is 46.3 Å². The van der Waals surface area contributed by atoms with Crippen LogP contribution in [0.2, 0.25) is 0 Å². The molecule has 0 aliphatic heterocycles. The van der Waals surface area contributed by atoms with E-state index in [1.165, 1.54) is 4.88 Å². The summed E-state index contributed by atoms with van der Waals surface area (Å²) >= 11 is 1.75. The molecule has 0 unspecified atom stereocenters. The monoisotopic (exact) mass is 329 g/mol. The number of aromatic nitrogens is 2. The average Bonchev–Trinajstić information content (AvgIpc) is 3.20. The van der Waals surface area contributed by atoms with Gasteiger partial charge in [-0.3, -0.25) is 4.90 Å². The first-order chi connectivity index (χ1) is 11.2. The predicted octanol–water partition coefficient (Wildman–Crippen LogP) is 3.65. The Morgan fingerprint density at radius 2 is 2.00 bits per heavy atom. The van der Waals surface area contributed by atoms with Gasteiger partial charge in [0.15, 0.2) is 5.82 Å². The molecule has 0 atom stereocenters. The van der Waals surface area contributed by atoms with Gasteiger partial charge in [-0.05, 0) is 24.4 Å². The van der Waals surface area contributed by atoms with Gasteiger partial charge in [0, 0.05) is 23.5 Å². The lowest BCUT2D eigenvalue weighted by molar-refractivity contribution is 0.210. The zero-order chi connectivity index (χ0) is 16.1. The molecule has 0 amide bonds. The summed E-state index contributed by atoms with van der Waals surface area (Å²) in [6.07, 6.45) is 0. The third kappa shape index (κ3) is 4.18. The molecule has 5 nitrogen and oxygen atoms in total. The molecule has 0 saturated carbocycles. The van der Waals surface area contributed by atoms with E-state index in [-0.39, 0.29) is 0 Å². The molecule has 2 heterocycles. The van der Waals surface area contributed by atoms with Gasteiger partial charge in [-0.2, -0.15) is 4.98 Å². The first-order valence-corrected chi connectivity index (χ1v) is 8.28. The smallest absolute Gasteiger partial charge is 0.240 e. The van der Waals surface area contributed by atoms with Gasteiger partial charge < -0.3 is 9.26 Å². The normalized spacial score (nSPS) is 11.1. The topological polar surface area (TPSA) is 51.4 Å². The van der Waals surface area contributed by atoms with Gasteiger partial charge in [0.1, 0.15) is 5.75 Å². The molecule has 0 radical (unpaired) electrons. The van der Waals surface area contributed by atoms with Crippen molar-refractivity contribution >= 4 is 11.3 Å². The number of ether oxygens (including phenoxy) is 1. The quantitative estimate of drug-likeness (QED) is 0.662. The Labute approximate surface area is 139 Å². The summed E-state index contributed by atoms with van der Waals surface area (Å²) in [7, 11) is 1.70. The average molecular weight is 329 g/mol. The molecule has 3 rings (SSSR count). The number of hydrogen-bond donors (Lipinski definition) is 0. The lowest BCUT2D eigenvalue weighted by Crippen LogP contribution is -2.22.